The van der Waals surface area contributed by atoms with Crippen molar-refractivity contribution in [1.29, 1.82) is 0 Å². The number of piperidine rings is 1. The van der Waals surface area contributed by atoms with Crippen LogP contribution in [0.15, 0.2) is 54.6 Å². The summed E-state index contributed by atoms with van der Waals surface area (Å²) in [5, 5.41) is 3.65. The molecule has 116 valence electrons. The number of benzene rings is 2. The molecule has 3 heteroatoms. The van der Waals surface area contributed by atoms with Gasteiger partial charge in [-0.2, -0.15) is 0 Å². The number of ether oxygens (including phenoxy) is 1. The highest BCUT2D eigenvalue weighted by molar-refractivity contribution is 5.49. The second-order valence-corrected chi connectivity index (χ2v) is 5.94. The molecule has 0 amide bonds. The maximum atomic E-state index is 5.29. The van der Waals surface area contributed by atoms with Gasteiger partial charge in [0.2, 0.25) is 0 Å². The molecular formula is C19H24N2O. The molecular weight excluding hydrogens is 272 g/mol. The SMILES string of the molecule is COc1cccc(NC2CCCN(Cc3ccccc3)C2)c1. The van der Waals surface area contributed by atoms with Crippen LogP contribution < -0.4 is 10.1 Å². The maximum Gasteiger partial charge on any atom is 0.120 e. The van der Waals surface area contributed by atoms with E-state index in [0.29, 0.717) is 6.04 Å². The highest BCUT2D eigenvalue weighted by Crippen LogP contribution is 2.21. The van der Waals surface area contributed by atoms with Crippen LogP contribution in [0.2, 0.25) is 0 Å². The Balaban J connectivity index is 1.58. The lowest BCUT2D eigenvalue weighted by Crippen LogP contribution is -2.41. The molecule has 0 radical (unpaired) electrons. The minimum absolute atomic E-state index is 0.504. The Kier molecular flexibility index (Phi) is 4.96. The van der Waals surface area contributed by atoms with Crippen molar-refractivity contribution in [2.45, 2.75) is 25.4 Å². The molecule has 2 aromatic carbocycles. The largest absolute Gasteiger partial charge is 0.497 e. The Morgan fingerprint density at radius 1 is 1.14 bits per heavy atom. The van der Waals surface area contributed by atoms with Crippen LogP contribution in [0.1, 0.15) is 18.4 Å². The Morgan fingerprint density at radius 2 is 2.00 bits per heavy atom. The molecule has 1 heterocycles. The third-order valence-corrected chi connectivity index (χ3v) is 4.20. The van der Waals surface area contributed by atoms with Crippen LogP contribution >= 0.6 is 0 Å². The average Bonchev–Trinajstić information content (AvgIpc) is 2.56. The Bertz CT molecular complexity index is 585. The van der Waals surface area contributed by atoms with Gasteiger partial charge in [-0.15, -0.1) is 0 Å². The summed E-state index contributed by atoms with van der Waals surface area (Å²) >= 11 is 0. The Morgan fingerprint density at radius 3 is 2.82 bits per heavy atom. The van der Waals surface area contributed by atoms with Crippen molar-refractivity contribution in [1.82, 2.24) is 4.90 Å². The topological polar surface area (TPSA) is 24.5 Å². The molecule has 3 rings (SSSR count). The van der Waals surface area contributed by atoms with Gasteiger partial charge in [-0.3, -0.25) is 4.90 Å². The standard InChI is InChI=1S/C19H24N2O/c1-22-19-11-5-9-17(13-19)20-18-10-6-12-21(15-18)14-16-7-3-2-4-8-16/h2-5,7-9,11,13,18,20H,6,10,12,14-15H2,1H3. The average molecular weight is 296 g/mol. The van der Waals surface area contributed by atoms with E-state index in [4.69, 9.17) is 4.74 Å². The minimum atomic E-state index is 0.504. The minimum Gasteiger partial charge on any atom is -0.497 e. The third-order valence-electron chi connectivity index (χ3n) is 4.20. The molecule has 0 aliphatic carbocycles. The normalized spacial score (nSPS) is 18.9. The first-order chi connectivity index (χ1) is 10.8. The Hall–Kier alpha value is -2.00. The van der Waals surface area contributed by atoms with Gasteiger partial charge < -0.3 is 10.1 Å². The van der Waals surface area contributed by atoms with E-state index in [9.17, 15) is 0 Å². The van der Waals surface area contributed by atoms with E-state index in [1.54, 1.807) is 7.11 Å². The highest BCUT2D eigenvalue weighted by atomic mass is 16.5. The van der Waals surface area contributed by atoms with Crippen molar-refractivity contribution in [3.63, 3.8) is 0 Å². The predicted octanol–water partition coefficient (Wildman–Crippen LogP) is 3.77. The van der Waals surface area contributed by atoms with E-state index in [1.807, 2.05) is 12.1 Å². The van der Waals surface area contributed by atoms with Gasteiger partial charge in [0.15, 0.2) is 0 Å². The van der Waals surface area contributed by atoms with Gasteiger partial charge in [-0.05, 0) is 37.1 Å². The number of methoxy groups -OCH3 is 1. The van der Waals surface area contributed by atoms with Gasteiger partial charge >= 0.3 is 0 Å². The molecule has 1 saturated heterocycles. The second kappa shape index (κ2) is 7.32. The van der Waals surface area contributed by atoms with Crippen molar-refractivity contribution < 1.29 is 4.74 Å². The van der Waals surface area contributed by atoms with Crippen LogP contribution in [0.25, 0.3) is 0 Å². The number of likely N-dealkylation sites (tertiary alicyclic amines) is 1. The number of nitrogens with zero attached hydrogens (tertiary/aromatic N) is 1. The first-order valence-corrected chi connectivity index (χ1v) is 8.00. The zero-order chi connectivity index (χ0) is 15.2. The van der Waals surface area contributed by atoms with E-state index >= 15 is 0 Å². The molecule has 0 spiro atoms. The highest BCUT2D eigenvalue weighted by Gasteiger charge is 2.19. The predicted molar refractivity (Wildman–Crippen MR) is 91.4 cm³/mol. The monoisotopic (exact) mass is 296 g/mol. The Labute approximate surface area is 132 Å². The van der Waals surface area contributed by atoms with Crippen LogP contribution in [0, 0.1) is 0 Å². The molecule has 0 bridgehead atoms. The van der Waals surface area contributed by atoms with E-state index < -0.39 is 0 Å². The lowest BCUT2D eigenvalue weighted by molar-refractivity contribution is 0.208. The van der Waals surface area contributed by atoms with E-state index in [-0.39, 0.29) is 0 Å². The summed E-state index contributed by atoms with van der Waals surface area (Å²) in [6.07, 6.45) is 2.47. The summed E-state index contributed by atoms with van der Waals surface area (Å²) in [6, 6.07) is 19.4. The number of nitrogens with one attached hydrogen (secondary N) is 1. The van der Waals surface area contributed by atoms with Crippen LogP contribution in [0.3, 0.4) is 0 Å². The molecule has 1 N–H and O–H groups in total. The van der Waals surface area contributed by atoms with Gasteiger partial charge in [0, 0.05) is 30.9 Å². The summed E-state index contributed by atoms with van der Waals surface area (Å²) in [5.74, 6) is 0.905. The fraction of sp³-hybridized carbons (Fsp3) is 0.368. The number of hydrogen-bond acceptors (Lipinski definition) is 3. The van der Waals surface area contributed by atoms with Crippen LogP contribution in [-0.4, -0.2) is 31.1 Å². The summed E-state index contributed by atoms with van der Waals surface area (Å²) in [7, 11) is 1.71. The summed E-state index contributed by atoms with van der Waals surface area (Å²) in [6.45, 7) is 3.31. The lowest BCUT2D eigenvalue weighted by atomic mass is 10.0. The van der Waals surface area contributed by atoms with E-state index in [1.165, 1.54) is 24.9 Å². The summed E-state index contributed by atoms with van der Waals surface area (Å²) in [5.41, 5.74) is 2.54. The molecule has 22 heavy (non-hydrogen) atoms. The maximum absolute atomic E-state index is 5.29. The molecule has 3 nitrogen and oxygen atoms in total. The van der Waals surface area contributed by atoms with Crippen LogP contribution in [-0.2, 0) is 6.54 Å². The van der Waals surface area contributed by atoms with E-state index in [0.717, 1.165) is 24.5 Å². The number of hydrogen-bond donors (Lipinski definition) is 1. The zero-order valence-electron chi connectivity index (χ0n) is 13.2. The first-order valence-electron chi connectivity index (χ1n) is 8.00. The molecule has 1 atom stereocenters. The second-order valence-electron chi connectivity index (χ2n) is 5.94. The van der Waals surface area contributed by atoms with Crippen molar-refractivity contribution >= 4 is 5.69 Å². The smallest absolute Gasteiger partial charge is 0.120 e. The van der Waals surface area contributed by atoms with Crippen molar-refractivity contribution in [3.8, 4) is 5.75 Å². The van der Waals surface area contributed by atoms with Gasteiger partial charge in [-0.25, -0.2) is 0 Å². The van der Waals surface area contributed by atoms with Crippen LogP contribution in [0.5, 0.6) is 5.75 Å². The molecule has 2 aromatic rings. The quantitative estimate of drug-likeness (QED) is 0.909. The van der Waals surface area contributed by atoms with Crippen LogP contribution in [0.4, 0.5) is 5.69 Å². The molecule has 0 aromatic heterocycles. The summed E-state index contributed by atoms with van der Waals surface area (Å²) in [4.78, 5) is 2.54. The molecule has 1 fully saturated rings. The van der Waals surface area contributed by atoms with Gasteiger partial charge in [0.05, 0.1) is 7.11 Å². The molecule has 0 saturated carbocycles. The van der Waals surface area contributed by atoms with Gasteiger partial charge in [0.1, 0.15) is 5.75 Å². The molecule has 1 unspecified atom stereocenters. The van der Waals surface area contributed by atoms with Crippen molar-refractivity contribution in [2.75, 3.05) is 25.5 Å². The fourth-order valence-electron chi connectivity index (χ4n) is 3.11. The first kappa shape index (κ1) is 14.9. The molecule has 1 aliphatic heterocycles. The van der Waals surface area contributed by atoms with Gasteiger partial charge in [-0.1, -0.05) is 36.4 Å². The lowest BCUT2D eigenvalue weighted by Gasteiger charge is -2.33. The zero-order valence-corrected chi connectivity index (χ0v) is 13.2. The number of anilines is 1. The van der Waals surface area contributed by atoms with Crippen molar-refractivity contribution in [2.24, 2.45) is 0 Å². The fourth-order valence-corrected chi connectivity index (χ4v) is 3.11. The third kappa shape index (κ3) is 4.01. The van der Waals surface area contributed by atoms with Gasteiger partial charge in [0.25, 0.3) is 0 Å². The summed E-state index contributed by atoms with van der Waals surface area (Å²) < 4.78 is 5.29. The molecule has 1 aliphatic rings. The van der Waals surface area contributed by atoms with Crippen molar-refractivity contribution in [3.05, 3.63) is 60.2 Å². The van der Waals surface area contributed by atoms with E-state index in [2.05, 4.69) is 52.7 Å². The number of rotatable bonds is 5.